The molecule has 2 heterocycles. The fraction of sp³-hybridized carbons (Fsp3) is 0.963. The molecule has 0 aromatic heterocycles. The molecule has 69 heavy (non-hydrogen) atoms. The maximum atomic E-state index is 13.0. The lowest BCUT2D eigenvalue weighted by molar-refractivity contribution is -0.332. The van der Waals surface area contributed by atoms with Gasteiger partial charge in [-0.05, 0) is 12.8 Å². The lowest BCUT2D eigenvalue weighted by Gasteiger charge is -2.42. The molecule has 4 unspecified atom stereocenters. The predicted octanol–water partition coefficient (Wildman–Crippen LogP) is 8.78. The molecule has 0 aromatic rings. The van der Waals surface area contributed by atoms with Crippen molar-refractivity contribution in [2.24, 2.45) is 0 Å². The van der Waals surface area contributed by atoms with E-state index in [4.69, 9.17) is 28.4 Å². The van der Waals surface area contributed by atoms with E-state index >= 15 is 0 Å². The van der Waals surface area contributed by atoms with Crippen LogP contribution < -0.4 is 0 Å². The van der Waals surface area contributed by atoms with E-state index in [-0.39, 0.29) is 26.1 Å². The highest BCUT2D eigenvalue weighted by molar-refractivity contribution is 5.70. The van der Waals surface area contributed by atoms with E-state index in [9.17, 15) is 45.3 Å². The van der Waals surface area contributed by atoms with Crippen molar-refractivity contribution in [3.63, 3.8) is 0 Å². The summed E-state index contributed by atoms with van der Waals surface area (Å²) in [5, 5.41) is 72.1. The summed E-state index contributed by atoms with van der Waals surface area (Å²) in [6.45, 7) is 2.63. The molecule has 0 radical (unpaired) electrons. The van der Waals surface area contributed by atoms with Crippen LogP contribution in [0.2, 0.25) is 0 Å². The monoisotopic (exact) mass is 991 g/mol. The molecule has 0 saturated carbocycles. The van der Waals surface area contributed by atoms with Gasteiger partial charge >= 0.3 is 11.9 Å². The number of rotatable bonds is 45. The maximum absolute atomic E-state index is 13.0. The summed E-state index contributed by atoms with van der Waals surface area (Å²) in [5.41, 5.74) is 0. The van der Waals surface area contributed by atoms with Gasteiger partial charge in [-0.15, -0.1) is 0 Å². The Kier molecular flexibility index (Phi) is 38.6. The van der Waals surface area contributed by atoms with Crippen LogP contribution in [-0.2, 0) is 38.0 Å². The molecule has 408 valence electrons. The van der Waals surface area contributed by atoms with Gasteiger partial charge in [0.05, 0.1) is 19.8 Å². The standard InChI is InChI=1S/C54H102O15/c1-3-5-7-9-11-13-15-16-17-18-19-20-21-22-23-24-25-27-29-31-33-35-37-46(57)67-42(39-64-45(56)36-34-32-30-28-26-14-12-10-8-6-4-2)40-65-53-52(63)50(61)48(59)44(69-53)41-66-54-51(62)49(60)47(58)43(38-55)68-54/h42-44,47-55,58-63H,3-41H2,1-2H3/t42-,43+,44+,47-,48-,49?,50?,51?,52?,53+,54+/m1/s1. The van der Waals surface area contributed by atoms with E-state index in [0.717, 1.165) is 38.5 Å². The van der Waals surface area contributed by atoms with Gasteiger partial charge in [-0.2, -0.15) is 0 Å². The number of carbonyl (C=O) groups excluding carboxylic acids is 2. The molecular weight excluding hydrogens is 889 g/mol. The number of unbranched alkanes of at least 4 members (excludes halogenated alkanes) is 31. The Bertz CT molecular complexity index is 1210. The summed E-state index contributed by atoms with van der Waals surface area (Å²) < 4.78 is 33.6. The number of carbonyl (C=O) groups is 2. The number of hydrogen-bond acceptors (Lipinski definition) is 15. The molecule has 2 rings (SSSR count). The van der Waals surface area contributed by atoms with Crippen LogP contribution in [0.15, 0.2) is 0 Å². The van der Waals surface area contributed by atoms with Crippen LogP contribution >= 0.6 is 0 Å². The van der Waals surface area contributed by atoms with Crippen LogP contribution in [-0.4, -0.2) is 142 Å². The largest absolute Gasteiger partial charge is 0.462 e. The highest BCUT2D eigenvalue weighted by atomic mass is 16.7. The van der Waals surface area contributed by atoms with Gasteiger partial charge in [0.25, 0.3) is 0 Å². The van der Waals surface area contributed by atoms with Crippen LogP contribution in [0.5, 0.6) is 0 Å². The number of esters is 2. The van der Waals surface area contributed by atoms with Gasteiger partial charge < -0.3 is 64.2 Å². The van der Waals surface area contributed by atoms with Crippen molar-refractivity contribution in [3.8, 4) is 0 Å². The minimum Gasteiger partial charge on any atom is -0.462 e. The average molecular weight is 991 g/mol. The second-order valence-corrected chi connectivity index (χ2v) is 20.1. The van der Waals surface area contributed by atoms with Gasteiger partial charge in [-0.25, -0.2) is 0 Å². The molecule has 2 aliphatic heterocycles. The molecule has 0 amide bonds. The highest BCUT2D eigenvalue weighted by Crippen LogP contribution is 2.27. The second kappa shape index (κ2) is 41.9. The first-order valence-electron chi connectivity index (χ1n) is 28.1. The summed E-state index contributed by atoms with van der Waals surface area (Å²) >= 11 is 0. The molecule has 0 aliphatic carbocycles. The molecular formula is C54H102O15. The molecule has 7 N–H and O–H groups in total. The molecule has 2 aliphatic rings. The Morgan fingerprint density at radius 1 is 0.406 bits per heavy atom. The van der Waals surface area contributed by atoms with Crippen LogP contribution in [0.3, 0.4) is 0 Å². The third-order valence-corrected chi connectivity index (χ3v) is 13.8. The van der Waals surface area contributed by atoms with Crippen molar-refractivity contribution in [1.29, 1.82) is 0 Å². The fourth-order valence-electron chi connectivity index (χ4n) is 9.22. The number of aliphatic hydroxyl groups is 7. The number of aliphatic hydroxyl groups excluding tert-OH is 7. The van der Waals surface area contributed by atoms with Crippen LogP contribution in [0.4, 0.5) is 0 Å². The van der Waals surface area contributed by atoms with E-state index in [1.807, 2.05) is 0 Å². The topological polar surface area (TPSA) is 231 Å². The second-order valence-electron chi connectivity index (χ2n) is 20.1. The van der Waals surface area contributed by atoms with Crippen molar-refractivity contribution >= 4 is 11.9 Å². The molecule has 0 spiro atoms. The van der Waals surface area contributed by atoms with Crippen molar-refractivity contribution in [3.05, 3.63) is 0 Å². The molecule has 0 bridgehead atoms. The molecule has 11 atom stereocenters. The molecule has 15 nitrogen and oxygen atoms in total. The van der Waals surface area contributed by atoms with Crippen molar-refractivity contribution in [1.82, 2.24) is 0 Å². The molecule has 2 fully saturated rings. The number of ether oxygens (including phenoxy) is 6. The third-order valence-electron chi connectivity index (χ3n) is 13.8. The lowest BCUT2D eigenvalue weighted by Crippen LogP contribution is -2.61. The Morgan fingerprint density at radius 3 is 1.13 bits per heavy atom. The van der Waals surface area contributed by atoms with Gasteiger partial charge in [0, 0.05) is 12.8 Å². The summed E-state index contributed by atoms with van der Waals surface area (Å²) in [6.07, 6.45) is 24.2. The van der Waals surface area contributed by atoms with Crippen molar-refractivity contribution in [2.45, 2.75) is 306 Å². The van der Waals surface area contributed by atoms with Gasteiger partial charge in [0.1, 0.15) is 55.4 Å². The third kappa shape index (κ3) is 29.7. The van der Waals surface area contributed by atoms with Gasteiger partial charge in [-0.1, -0.05) is 213 Å². The Labute approximate surface area is 417 Å². The predicted molar refractivity (Wildman–Crippen MR) is 266 cm³/mol. The van der Waals surface area contributed by atoms with E-state index < -0.39 is 92.7 Å². The van der Waals surface area contributed by atoms with E-state index in [1.54, 1.807) is 0 Å². The highest BCUT2D eigenvalue weighted by Gasteiger charge is 2.47. The smallest absolute Gasteiger partial charge is 0.306 e. The molecule has 2 saturated heterocycles. The molecule has 0 aromatic carbocycles. The van der Waals surface area contributed by atoms with Gasteiger partial charge in [0.15, 0.2) is 18.7 Å². The minimum atomic E-state index is -1.76. The van der Waals surface area contributed by atoms with E-state index in [2.05, 4.69) is 13.8 Å². The summed E-state index contributed by atoms with van der Waals surface area (Å²) in [4.78, 5) is 25.8. The normalized spacial score (nSPS) is 25.5. The zero-order valence-corrected chi connectivity index (χ0v) is 43.3. The van der Waals surface area contributed by atoms with E-state index in [0.29, 0.717) is 12.8 Å². The number of hydrogen-bond donors (Lipinski definition) is 7. The average Bonchev–Trinajstić information content (AvgIpc) is 3.34. The first-order chi connectivity index (χ1) is 33.5. The maximum Gasteiger partial charge on any atom is 0.306 e. The van der Waals surface area contributed by atoms with Crippen LogP contribution in [0.25, 0.3) is 0 Å². The quantitative estimate of drug-likeness (QED) is 0.0223. The first kappa shape index (κ1) is 63.6. The molecule has 15 heteroatoms. The Balaban J connectivity index is 1.73. The SMILES string of the molecule is CCCCCCCCCCCCCCCCCCCCCCCCC(=O)O[C@H](COC(=O)CCCCCCCCCCCCC)CO[C@H]1O[C@@H](CO[C@H]2O[C@@H](CO)[C@@H](O)C(O)C2O)[C@@H](O)C(O)C1O. The van der Waals surface area contributed by atoms with Crippen LogP contribution in [0.1, 0.15) is 239 Å². The zero-order valence-electron chi connectivity index (χ0n) is 43.3. The first-order valence-corrected chi connectivity index (χ1v) is 28.1. The summed E-state index contributed by atoms with van der Waals surface area (Å²) in [6, 6.07) is 0. The Morgan fingerprint density at radius 2 is 0.739 bits per heavy atom. The summed E-state index contributed by atoms with van der Waals surface area (Å²) in [5.74, 6) is -0.908. The van der Waals surface area contributed by atoms with E-state index in [1.165, 1.54) is 161 Å². The lowest BCUT2D eigenvalue weighted by atomic mass is 9.98. The van der Waals surface area contributed by atoms with Crippen molar-refractivity contribution in [2.75, 3.05) is 26.4 Å². The fourth-order valence-corrected chi connectivity index (χ4v) is 9.22. The van der Waals surface area contributed by atoms with Crippen LogP contribution in [0, 0.1) is 0 Å². The Hall–Kier alpha value is -1.50. The van der Waals surface area contributed by atoms with Gasteiger partial charge in [-0.3, -0.25) is 9.59 Å². The minimum absolute atomic E-state index is 0.174. The summed E-state index contributed by atoms with van der Waals surface area (Å²) in [7, 11) is 0. The van der Waals surface area contributed by atoms with Gasteiger partial charge in [0.2, 0.25) is 0 Å². The zero-order chi connectivity index (χ0) is 50.3. The van der Waals surface area contributed by atoms with Crippen molar-refractivity contribution < 1.29 is 73.8 Å².